The summed E-state index contributed by atoms with van der Waals surface area (Å²) in [5.41, 5.74) is 5.62. The minimum Gasteiger partial charge on any atom is -0.460 e. The second-order valence-corrected chi connectivity index (χ2v) is 6.58. The lowest BCUT2D eigenvalue weighted by Crippen LogP contribution is -2.33. The van der Waals surface area contributed by atoms with Gasteiger partial charge in [-0.05, 0) is 5.56 Å². The van der Waals surface area contributed by atoms with Crippen molar-refractivity contribution in [1.82, 2.24) is 19.2 Å². The number of aliphatic hydroxyl groups excluding tert-OH is 3. The van der Waals surface area contributed by atoms with Gasteiger partial charge in [-0.2, -0.15) is 14.6 Å². The van der Waals surface area contributed by atoms with Gasteiger partial charge in [0.15, 0.2) is 17.4 Å². The standard InChI is InChI=1S/C17H20N6O6/c18-16-21-13-10(14(27)23(16)19)20-17(28-7-8-4-2-1-3-5-8)22(13)15-12(26)11(25)9(6-24)29-15/h1-5,9,11-12,15,24-26H,6-7,19H2,(H2,18,21)/t9-,11?,12+,15-/m1/s1. The summed E-state index contributed by atoms with van der Waals surface area (Å²) in [7, 11) is 0. The van der Waals surface area contributed by atoms with Gasteiger partial charge in [0.2, 0.25) is 5.95 Å². The lowest BCUT2D eigenvalue weighted by Gasteiger charge is -2.19. The zero-order valence-corrected chi connectivity index (χ0v) is 15.1. The van der Waals surface area contributed by atoms with E-state index in [1.807, 2.05) is 30.3 Å². The fourth-order valence-electron chi connectivity index (χ4n) is 3.18. The fraction of sp³-hybridized carbons (Fsp3) is 0.353. The number of ether oxygens (including phenoxy) is 2. The van der Waals surface area contributed by atoms with Crippen molar-refractivity contribution >= 4 is 17.1 Å². The minimum absolute atomic E-state index is 0.0351. The number of aromatic nitrogens is 4. The number of nitrogens with zero attached hydrogens (tertiary/aromatic N) is 4. The van der Waals surface area contributed by atoms with Crippen molar-refractivity contribution in [2.45, 2.75) is 31.1 Å². The highest BCUT2D eigenvalue weighted by Gasteiger charge is 2.45. The minimum atomic E-state index is -1.44. The van der Waals surface area contributed by atoms with E-state index in [0.29, 0.717) is 4.68 Å². The predicted molar refractivity (Wildman–Crippen MR) is 100 cm³/mol. The summed E-state index contributed by atoms with van der Waals surface area (Å²) in [6.45, 7) is -0.419. The van der Waals surface area contributed by atoms with Crippen LogP contribution in [0.4, 0.5) is 5.95 Å². The molecule has 1 aliphatic rings. The van der Waals surface area contributed by atoms with Crippen LogP contribution in [0.1, 0.15) is 11.8 Å². The number of hydrogen-bond donors (Lipinski definition) is 5. The van der Waals surface area contributed by atoms with Gasteiger partial charge < -0.3 is 36.4 Å². The smallest absolute Gasteiger partial charge is 0.301 e. The fourth-order valence-corrected chi connectivity index (χ4v) is 3.18. The van der Waals surface area contributed by atoms with Gasteiger partial charge >= 0.3 is 11.6 Å². The largest absolute Gasteiger partial charge is 0.460 e. The second-order valence-electron chi connectivity index (χ2n) is 6.58. The van der Waals surface area contributed by atoms with Crippen molar-refractivity contribution in [2.75, 3.05) is 18.2 Å². The molecule has 3 aromatic rings. The van der Waals surface area contributed by atoms with Crippen molar-refractivity contribution in [2.24, 2.45) is 0 Å². The van der Waals surface area contributed by atoms with Crippen LogP contribution in [0.15, 0.2) is 35.1 Å². The molecule has 1 aliphatic heterocycles. The first-order valence-corrected chi connectivity index (χ1v) is 8.77. The van der Waals surface area contributed by atoms with Gasteiger partial charge in [-0.3, -0.25) is 4.79 Å². The SMILES string of the molecule is Nc1nc2c(nc(OCc3ccccc3)n2[C@@H]2O[C@H](CO)C(O)[C@@H]2O)c(=O)n1N. The summed E-state index contributed by atoms with van der Waals surface area (Å²) in [5, 5.41) is 29.9. The van der Waals surface area contributed by atoms with Crippen LogP contribution in [-0.4, -0.2) is 59.4 Å². The number of anilines is 1. The molecule has 4 atom stereocenters. The highest BCUT2D eigenvalue weighted by Crippen LogP contribution is 2.35. The van der Waals surface area contributed by atoms with Gasteiger partial charge in [-0.25, -0.2) is 4.57 Å². The molecule has 0 bridgehead atoms. The number of rotatable bonds is 5. The number of benzene rings is 1. The van der Waals surface area contributed by atoms with Crippen LogP contribution in [0, 0.1) is 0 Å². The summed E-state index contributed by atoms with van der Waals surface area (Å²) in [6, 6.07) is 9.11. The molecule has 0 spiro atoms. The van der Waals surface area contributed by atoms with Crippen LogP contribution in [0.5, 0.6) is 6.01 Å². The Balaban J connectivity index is 1.82. The molecule has 0 amide bonds. The Kier molecular flexibility index (Phi) is 4.84. The van der Waals surface area contributed by atoms with E-state index in [2.05, 4.69) is 9.97 Å². The quantitative estimate of drug-likeness (QED) is 0.300. The molecular formula is C17H20N6O6. The molecule has 1 unspecified atom stereocenters. The van der Waals surface area contributed by atoms with E-state index in [-0.39, 0.29) is 29.7 Å². The number of fused-ring (bicyclic) bond motifs is 1. The number of nitrogens with two attached hydrogens (primary N) is 2. The zero-order chi connectivity index (χ0) is 20.7. The summed E-state index contributed by atoms with van der Waals surface area (Å²) >= 11 is 0. The maximum absolute atomic E-state index is 12.5. The monoisotopic (exact) mass is 404 g/mol. The summed E-state index contributed by atoms with van der Waals surface area (Å²) in [4.78, 5) is 20.7. The van der Waals surface area contributed by atoms with E-state index < -0.39 is 36.7 Å². The summed E-state index contributed by atoms with van der Waals surface area (Å²) in [6.07, 6.45) is -5.07. The molecule has 0 radical (unpaired) electrons. The van der Waals surface area contributed by atoms with Gasteiger partial charge in [-0.1, -0.05) is 30.3 Å². The third kappa shape index (κ3) is 3.17. The molecule has 1 aromatic carbocycles. The summed E-state index contributed by atoms with van der Waals surface area (Å²) in [5.74, 6) is 5.30. The van der Waals surface area contributed by atoms with Crippen LogP contribution < -0.4 is 21.9 Å². The Morgan fingerprint density at radius 1 is 1.17 bits per heavy atom. The highest BCUT2D eigenvalue weighted by molar-refractivity contribution is 5.73. The number of hydrogen-bond acceptors (Lipinski definition) is 10. The normalized spacial score (nSPS) is 24.2. The Morgan fingerprint density at radius 3 is 2.55 bits per heavy atom. The molecule has 29 heavy (non-hydrogen) atoms. The molecule has 7 N–H and O–H groups in total. The zero-order valence-electron chi connectivity index (χ0n) is 15.1. The van der Waals surface area contributed by atoms with Crippen molar-refractivity contribution < 1.29 is 24.8 Å². The van der Waals surface area contributed by atoms with Gasteiger partial charge in [0.05, 0.1) is 6.61 Å². The van der Waals surface area contributed by atoms with Crippen LogP contribution in [0.3, 0.4) is 0 Å². The molecule has 3 heterocycles. The summed E-state index contributed by atoms with van der Waals surface area (Å²) < 4.78 is 13.2. The van der Waals surface area contributed by atoms with Crippen LogP contribution in [-0.2, 0) is 11.3 Å². The molecule has 0 aliphatic carbocycles. The number of aliphatic hydroxyl groups is 3. The lowest BCUT2D eigenvalue weighted by molar-refractivity contribution is -0.0545. The van der Waals surface area contributed by atoms with Crippen LogP contribution in [0.25, 0.3) is 11.2 Å². The third-order valence-corrected chi connectivity index (χ3v) is 4.72. The van der Waals surface area contributed by atoms with E-state index in [0.717, 1.165) is 5.56 Å². The van der Waals surface area contributed by atoms with Crippen LogP contribution >= 0.6 is 0 Å². The van der Waals surface area contributed by atoms with Gasteiger partial charge in [0, 0.05) is 0 Å². The molecule has 12 nitrogen and oxygen atoms in total. The molecule has 154 valence electrons. The molecule has 1 fully saturated rings. The topological polar surface area (TPSA) is 184 Å². The van der Waals surface area contributed by atoms with E-state index >= 15 is 0 Å². The maximum Gasteiger partial charge on any atom is 0.301 e. The Hall–Kier alpha value is -3.19. The first-order chi connectivity index (χ1) is 13.9. The highest BCUT2D eigenvalue weighted by atomic mass is 16.6. The van der Waals surface area contributed by atoms with E-state index in [1.54, 1.807) is 0 Å². The van der Waals surface area contributed by atoms with Gasteiger partial charge in [0.1, 0.15) is 24.9 Å². The first-order valence-electron chi connectivity index (χ1n) is 8.77. The van der Waals surface area contributed by atoms with Crippen molar-refractivity contribution in [1.29, 1.82) is 0 Å². The Labute approximate surface area is 163 Å². The molecule has 12 heteroatoms. The van der Waals surface area contributed by atoms with Gasteiger partial charge in [0.25, 0.3) is 0 Å². The molecule has 0 saturated carbocycles. The number of imidazole rings is 1. The lowest BCUT2D eigenvalue weighted by atomic mass is 10.1. The van der Waals surface area contributed by atoms with E-state index in [1.165, 1.54) is 4.57 Å². The Morgan fingerprint density at radius 2 is 1.90 bits per heavy atom. The third-order valence-electron chi connectivity index (χ3n) is 4.72. The average molecular weight is 404 g/mol. The average Bonchev–Trinajstić information content (AvgIpc) is 3.22. The van der Waals surface area contributed by atoms with E-state index in [9.17, 15) is 20.1 Å². The molecular weight excluding hydrogens is 384 g/mol. The first kappa shape index (κ1) is 19.1. The Bertz CT molecular complexity index is 1080. The maximum atomic E-state index is 12.5. The molecule has 4 rings (SSSR count). The number of nitrogen functional groups attached to an aromatic ring is 2. The molecule has 2 aromatic heterocycles. The second kappa shape index (κ2) is 7.33. The van der Waals surface area contributed by atoms with Crippen molar-refractivity contribution in [3.63, 3.8) is 0 Å². The van der Waals surface area contributed by atoms with E-state index in [4.69, 9.17) is 21.1 Å². The van der Waals surface area contributed by atoms with Crippen LogP contribution in [0.2, 0.25) is 0 Å². The van der Waals surface area contributed by atoms with Crippen molar-refractivity contribution in [3.8, 4) is 6.01 Å². The predicted octanol–water partition coefficient (Wildman–Crippen LogP) is -1.92. The van der Waals surface area contributed by atoms with Crippen molar-refractivity contribution in [3.05, 3.63) is 46.2 Å². The molecule has 1 saturated heterocycles. The van der Waals surface area contributed by atoms with Gasteiger partial charge in [-0.15, -0.1) is 0 Å².